The van der Waals surface area contributed by atoms with Gasteiger partial charge in [0.05, 0.1) is 12.5 Å². The van der Waals surface area contributed by atoms with E-state index in [9.17, 15) is 14.3 Å². The molecule has 1 atom stereocenters. The second-order valence-electron chi connectivity index (χ2n) is 6.42. The van der Waals surface area contributed by atoms with Crippen LogP contribution < -0.4 is 4.74 Å². The lowest BCUT2D eigenvalue weighted by molar-refractivity contribution is -0.138. The standard InChI is InChI=1S/C20H23FO3/c1-13(2)12-24-19-7-5-4-6-16(19)10-17(20(22)23)15-9-8-14(3)18(21)11-15/h4-9,11,13,17H,10,12H2,1-3H3,(H,22,23). The quantitative estimate of drug-likeness (QED) is 0.808. The van der Waals surface area contributed by atoms with E-state index in [0.29, 0.717) is 29.4 Å². The van der Waals surface area contributed by atoms with Crippen molar-refractivity contribution in [3.63, 3.8) is 0 Å². The molecular weight excluding hydrogens is 307 g/mol. The second kappa shape index (κ2) is 7.95. The summed E-state index contributed by atoms with van der Waals surface area (Å²) >= 11 is 0. The number of benzene rings is 2. The van der Waals surface area contributed by atoms with Crippen LogP contribution in [-0.4, -0.2) is 17.7 Å². The van der Waals surface area contributed by atoms with Gasteiger partial charge >= 0.3 is 5.97 Å². The average Bonchev–Trinajstić information content (AvgIpc) is 2.54. The molecule has 0 aliphatic heterocycles. The van der Waals surface area contributed by atoms with Crippen LogP contribution in [0.2, 0.25) is 0 Å². The number of ether oxygens (including phenoxy) is 1. The van der Waals surface area contributed by atoms with Crippen molar-refractivity contribution in [3.8, 4) is 5.75 Å². The molecule has 0 aliphatic rings. The minimum atomic E-state index is -0.975. The van der Waals surface area contributed by atoms with Crippen LogP contribution in [0.1, 0.15) is 36.5 Å². The van der Waals surface area contributed by atoms with Crippen LogP contribution in [0.25, 0.3) is 0 Å². The highest BCUT2D eigenvalue weighted by Gasteiger charge is 2.23. The first-order valence-electron chi connectivity index (χ1n) is 8.08. The van der Waals surface area contributed by atoms with Gasteiger partial charge in [-0.1, -0.05) is 44.2 Å². The zero-order valence-corrected chi connectivity index (χ0v) is 14.3. The summed E-state index contributed by atoms with van der Waals surface area (Å²) in [5.41, 5.74) is 1.78. The SMILES string of the molecule is Cc1ccc(C(Cc2ccccc2OCC(C)C)C(=O)O)cc1F. The predicted octanol–water partition coefficient (Wildman–Crippen LogP) is 4.58. The number of aliphatic carboxylic acids is 1. The molecule has 1 unspecified atom stereocenters. The van der Waals surface area contributed by atoms with Gasteiger partial charge < -0.3 is 9.84 Å². The summed E-state index contributed by atoms with van der Waals surface area (Å²) in [4.78, 5) is 11.7. The molecule has 2 rings (SSSR count). The van der Waals surface area contributed by atoms with Gasteiger partial charge in [0, 0.05) is 0 Å². The number of carbonyl (C=O) groups is 1. The van der Waals surface area contributed by atoms with Crippen molar-refractivity contribution in [2.75, 3.05) is 6.61 Å². The molecule has 0 fully saturated rings. The number of rotatable bonds is 7. The zero-order valence-electron chi connectivity index (χ0n) is 14.3. The monoisotopic (exact) mass is 330 g/mol. The smallest absolute Gasteiger partial charge is 0.311 e. The van der Waals surface area contributed by atoms with Crippen LogP contribution in [0.3, 0.4) is 0 Å². The Kier molecular flexibility index (Phi) is 5.96. The first kappa shape index (κ1) is 18.0. The van der Waals surface area contributed by atoms with Crippen molar-refractivity contribution in [2.24, 2.45) is 5.92 Å². The number of halogens is 1. The van der Waals surface area contributed by atoms with Crippen molar-refractivity contribution < 1.29 is 19.0 Å². The largest absolute Gasteiger partial charge is 0.493 e. The van der Waals surface area contributed by atoms with Gasteiger partial charge in [-0.3, -0.25) is 4.79 Å². The molecule has 0 radical (unpaired) electrons. The first-order chi connectivity index (χ1) is 11.4. The number of carboxylic acid groups (broad SMARTS) is 1. The fraction of sp³-hybridized carbons (Fsp3) is 0.350. The molecule has 24 heavy (non-hydrogen) atoms. The lowest BCUT2D eigenvalue weighted by atomic mass is 9.91. The molecule has 1 N–H and O–H groups in total. The van der Waals surface area contributed by atoms with Crippen molar-refractivity contribution >= 4 is 5.97 Å². The Morgan fingerprint density at radius 3 is 2.54 bits per heavy atom. The van der Waals surface area contributed by atoms with Gasteiger partial charge in [0.15, 0.2) is 0 Å². The van der Waals surface area contributed by atoms with E-state index >= 15 is 0 Å². The molecule has 128 valence electrons. The summed E-state index contributed by atoms with van der Waals surface area (Å²) in [6, 6.07) is 12.0. The molecule has 0 saturated heterocycles. The number of hydrogen-bond donors (Lipinski definition) is 1. The summed E-state index contributed by atoms with van der Waals surface area (Å²) in [5.74, 6) is -1.12. The maximum atomic E-state index is 13.8. The average molecular weight is 330 g/mol. The van der Waals surface area contributed by atoms with E-state index in [1.165, 1.54) is 6.07 Å². The zero-order chi connectivity index (χ0) is 17.7. The van der Waals surface area contributed by atoms with Crippen LogP contribution in [0.15, 0.2) is 42.5 Å². The molecule has 0 spiro atoms. The highest BCUT2D eigenvalue weighted by molar-refractivity contribution is 5.76. The van der Waals surface area contributed by atoms with Crippen molar-refractivity contribution in [1.29, 1.82) is 0 Å². The predicted molar refractivity (Wildman–Crippen MR) is 92.0 cm³/mol. The third-order valence-corrected chi connectivity index (χ3v) is 3.87. The van der Waals surface area contributed by atoms with E-state index in [4.69, 9.17) is 4.74 Å². The molecule has 0 amide bonds. The molecular formula is C20H23FO3. The molecule has 2 aromatic rings. The van der Waals surface area contributed by atoms with Crippen molar-refractivity contribution in [2.45, 2.75) is 33.1 Å². The van der Waals surface area contributed by atoms with E-state index in [1.54, 1.807) is 19.1 Å². The summed E-state index contributed by atoms with van der Waals surface area (Å²) in [6.45, 7) is 6.33. The van der Waals surface area contributed by atoms with Gasteiger partial charge in [0.25, 0.3) is 0 Å². The molecule has 4 heteroatoms. The topological polar surface area (TPSA) is 46.5 Å². The minimum absolute atomic E-state index is 0.256. The molecule has 0 aliphatic carbocycles. The minimum Gasteiger partial charge on any atom is -0.493 e. The van der Waals surface area contributed by atoms with E-state index in [2.05, 4.69) is 13.8 Å². The summed E-state index contributed by atoms with van der Waals surface area (Å²) in [6.07, 6.45) is 0.256. The van der Waals surface area contributed by atoms with Gasteiger partial charge in [-0.05, 0) is 48.1 Å². The third kappa shape index (κ3) is 4.57. The number of para-hydroxylation sites is 1. The van der Waals surface area contributed by atoms with Gasteiger partial charge in [0.1, 0.15) is 11.6 Å². The lowest BCUT2D eigenvalue weighted by Crippen LogP contribution is -2.16. The Morgan fingerprint density at radius 1 is 1.21 bits per heavy atom. The maximum absolute atomic E-state index is 13.8. The normalized spacial score (nSPS) is 12.2. The number of aryl methyl sites for hydroxylation is 1. The molecule has 0 bridgehead atoms. The van der Waals surface area contributed by atoms with Gasteiger partial charge in [0.2, 0.25) is 0 Å². The van der Waals surface area contributed by atoms with Crippen LogP contribution in [0.4, 0.5) is 4.39 Å². The van der Waals surface area contributed by atoms with Crippen molar-refractivity contribution in [1.82, 2.24) is 0 Å². The summed E-state index contributed by atoms with van der Waals surface area (Å²) < 4.78 is 19.6. The molecule has 0 heterocycles. The third-order valence-electron chi connectivity index (χ3n) is 3.87. The van der Waals surface area contributed by atoms with Crippen LogP contribution in [-0.2, 0) is 11.2 Å². The Balaban J connectivity index is 2.28. The molecule has 3 nitrogen and oxygen atoms in total. The highest BCUT2D eigenvalue weighted by Crippen LogP contribution is 2.28. The highest BCUT2D eigenvalue weighted by atomic mass is 19.1. The fourth-order valence-corrected chi connectivity index (χ4v) is 2.46. The lowest BCUT2D eigenvalue weighted by Gasteiger charge is -2.17. The second-order valence-corrected chi connectivity index (χ2v) is 6.42. The summed E-state index contributed by atoms with van der Waals surface area (Å²) in [5, 5.41) is 9.59. The number of carboxylic acids is 1. The van der Waals surface area contributed by atoms with Crippen LogP contribution >= 0.6 is 0 Å². The van der Waals surface area contributed by atoms with Gasteiger partial charge in [-0.15, -0.1) is 0 Å². The van der Waals surface area contributed by atoms with Crippen LogP contribution in [0, 0.1) is 18.7 Å². The van der Waals surface area contributed by atoms with E-state index in [1.807, 2.05) is 24.3 Å². The molecule has 2 aromatic carbocycles. The number of hydrogen-bond acceptors (Lipinski definition) is 2. The van der Waals surface area contributed by atoms with Crippen molar-refractivity contribution in [3.05, 3.63) is 65.0 Å². The fourth-order valence-electron chi connectivity index (χ4n) is 2.46. The maximum Gasteiger partial charge on any atom is 0.311 e. The van der Waals surface area contributed by atoms with E-state index < -0.39 is 11.9 Å². The van der Waals surface area contributed by atoms with Gasteiger partial charge in [-0.2, -0.15) is 0 Å². The van der Waals surface area contributed by atoms with E-state index in [-0.39, 0.29) is 12.2 Å². The Hall–Kier alpha value is -2.36. The Bertz CT molecular complexity index is 710. The molecule has 0 aromatic heterocycles. The summed E-state index contributed by atoms with van der Waals surface area (Å²) in [7, 11) is 0. The van der Waals surface area contributed by atoms with E-state index in [0.717, 1.165) is 5.56 Å². The van der Waals surface area contributed by atoms with Gasteiger partial charge in [-0.25, -0.2) is 4.39 Å². The Morgan fingerprint density at radius 2 is 1.92 bits per heavy atom. The first-order valence-corrected chi connectivity index (χ1v) is 8.08. The van der Waals surface area contributed by atoms with Crippen LogP contribution in [0.5, 0.6) is 5.75 Å². The molecule has 0 saturated carbocycles. The Labute approximate surface area is 142 Å².